The van der Waals surface area contributed by atoms with Gasteiger partial charge in [0, 0.05) is 30.4 Å². The van der Waals surface area contributed by atoms with Crippen molar-refractivity contribution >= 4 is 5.97 Å². The predicted octanol–water partition coefficient (Wildman–Crippen LogP) is 0.908. The van der Waals surface area contributed by atoms with Crippen molar-refractivity contribution in [1.82, 2.24) is 25.2 Å². The average Bonchev–Trinajstić information content (AvgIpc) is 2.77. The largest absolute Gasteiger partial charge is 0.481 e. The van der Waals surface area contributed by atoms with E-state index in [0.717, 1.165) is 11.3 Å². The number of carboxylic acid groups (broad SMARTS) is 1. The number of aryl methyl sites for hydroxylation is 2. The molecule has 94 valence electrons. The molecule has 0 atom stereocenters. The lowest BCUT2D eigenvalue weighted by Gasteiger charge is -2.05. The second-order valence-corrected chi connectivity index (χ2v) is 3.86. The van der Waals surface area contributed by atoms with Gasteiger partial charge < -0.3 is 5.11 Å². The summed E-state index contributed by atoms with van der Waals surface area (Å²) in [5.41, 5.74) is 1.70. The highest BCUT2D eigenvalue weighted by molar-refractivity contribution is 5.66. The van der Waals surface area contributed by atoms with Crippen molar-refractivity contribution in [3.05, 3.63) is 24.0 Å². The minimum absolute atomic E-state index is 0.103. The summed E-state index contributed by atoms with van der Waals surface area (Å²) in [4.78, 5) is 14.6. The third kappa shape index (κ3) is 2.68. The number of carboxylic acids is 1. The summed E-state index contributed by atoms with van der Waals surface area (Å²) < 4.78 is 1.60. The van der Waals surface area contributed by atoms with Gasteiger partial charge in [0.25, 0.3) is 0 Å². The number of aromatic nitrogens is 5. The fourth-order valence-electron chi connectivity index (χ4n) is 1.65. The number of tetrazole rings is 1. The van der Waals surface area contributed by atoms with Gasteiger partial charge in [0.05, 0.1) is 0 Å². The fraction of sp³-hybridized carbons (Fsp3) is 0.364. The van der Waals surface area contributed by atoms with Crippen molar-refractivity contribution in [2.24, 2.45) is 0 Å². The van der Waals surface area contributed by atoms with Gasteiger partial charge in [0.1, 0.15) is 0 Å². The van der Waals surface area contributed by atoms with Crippen LogP contribution >= 0.6 is 0 Å². The first-order valence-electron chi connectivity index (χ1n) is 5.58. The number of rotatable bonds is 5. The molecule has 0 unspecified atom stereocenters. The number of hydrogen-bond acceptors (Lipinski definition) is 5. The lowest BCUT2D eigenvalue weighted by atomic mass is 10.2. The normalized spacial score (nSPS) is 10.5. The Morgan fingerprint density at radius 2 is 2.33 bits per heavy atom. The number of pyridine rings is 1. The second kappa shape index (κ2) is 5.35. The summed E-state index contributed by atoms with van der Waals surface area (Å²) in [7, 11) is 0. The van der Waals surface area contributed by atoms with Crippen LogP contribution in [0.25, 0.3) is 11.4 Å². The van der Waals surface area contributed by atoms with Gasteiger partial charge in [-0.2, -0.15) is 0 Å². The Bertz CT molecular complexity index is 552. The van der Waals surface area contributed by atoms with Gasteiger partial charge in [-0.05, 0) is 35.9 Å². The minimum Gasteiger partial charge on any atom is -0.481 e. The molecule has 0 fully saturated rings. The molecule has 0 saturated heterocycles. The van der Waals surface area contributed by atoms with E-state index in [0.29, 0.717) is 18.8 Å². The molecule has 2 aromatic heterocycles. The Morgan fingerprint density at radius 3 is 3.06 bits per heavy atom. The van der Waals surface area contributed by atoms with E-state index >= 15 is 0 Å². The molecule has 0 saturated carbocycles. The van der Waals surface area contributed by atoms with Gasteiger partial charge in [-0.25, -0.2) is 4.68 Å². The van der Waals surface area contributed by atoms with Gasteiger partial charge in [-0.1, -0.05) is 0 Å². The molecule has 0 amide bonds. The first kappa shape index (κ1) is 12.2. The van der Waals surface area contributed by atoms with Gasteiger partial charge in [0.15, 0.2) is 5.82 Å². The van der Waals surface area contributed by atoms with Crippen molar-refractivity contribution in [3.63, 3.8) is 0 Å². The van der Waals surface area contributed by atoms with Crippen molar-refractivity contribution in [3.8, 4) is 11.4 Å². The van der Waals surface area contributed by atoms with Crippen molar-refractivity contribution in [2.45, 2.75) is 26.3 Å². The maximum absolute atomic E-state index is 10.5. The van der Waals surface area contributed by atoms with Crippen LogP contribution < -0.4 is 0 Å². The highest BCUT2D eigenvalue weighted by Crippen LogP contribution is 2.18. The molecule has 7 heteroatoms. The zero-order valence-electron chi connectivity index (χ0n) is 9.94. The average molecular weight is 247 g/mol. The van der Waals surface area contributed by atoms with Crippen LogP contribution in [0.1, 0.15) is 18.5 Å². The van der Waals surface area contributed by atoms with Crippen LogP contribution in [0.2, 0.25) is 0 Å². The van der Waals surface area contributed by atoms with Crippen LogP contribution in [0.15, 0.2) is 18.3 Å². The quantitative estimate of drug-likeness (QED) is 0.843. The molecule has 0 bridgehead atoms. The maximum atomic E-state index is 10.5. The first-order valence-corrected chi connectivity index (χ1v) is 5.58. The fourth-order valence-corrected chi connectivity index (χ4v) is 1.65. The molecule has 7 nitrogen and oxygen atoms in total. The smallest absolute Gasteiger partial charge is 0.303 e. The van der Waals surface area contributed by atoms with Gasteiger partial charge >= 0.3 is 5.97 Å². The van der Waals surface area contributed by atoms with Crippen LogP contribution in [-0.2, 0) is 11.3 Å². The maximum Gasteiger partial charge on any atom is 0.303 e. The van der Waals surface area contributed by atoms with E-state index in [-0.39, 0.29) is 6.42 Å². The Labute approximate surface area is 103 Å². The SMILES string of the molecule is Cc1ncccc1-c1nnnn1CCCC(=O)O. The van der Waals surface area contributed by atoms with Crippen LogP contribution in [0.5, 0.6) is 0 Å². The molecule has 0 spiro atoms. The molecular formula is C11H13N5O2. The van der Waals surface area contributed by atoms with Gasteiger partial charge in [-0.15, -0.1) is 5.10 Å². The van der Waals surface area contributed by atoms with E-state index in [1.54, 1.807) is 10.9 Å². The highest BCUT2D eigenvalue weighted by Gasteiger charge is 2.11. The van der Waals surface area contributed by atoms with Crippen molar-refractivity contribution in [2.75, 3.05) is 0 Å². The highest BCUT2D eigenvalue weighted by atomic mass is 16.4. The molecule has 0 aliphatic rings. The molecule has 0 aromatic carbocycles. The predicted molar refractivity (Wildman–Crippen MR) is 62.7 cm³/mol. The summed E-state index contributed by atoms with van der Waals surface area (Å²) in [5.74, 6) is -0.201. The lowest BCUT2D eigenvalue weighted by molar-refractivity contribution is -0.137. The number of carbonyl (C=O) groups is 1. The topological polar surface area (TPSA) is 93.8 Å². The summed E-state index contributed by atoms with van der Waals surface area (Å²) >= 11 is 0. The zero-order chi connectivity index (χ0) is 13.0. The first-order chi connectivity index (χ1) is 8.68. The molecule has 2 aromatic rings. The Hall–Kier alpha value is -2.31. The molecule has 1 N–H and O–H groups in total. The van der Waals surface area contributed by atoms with E-state index in [4.69, 9.17) is 5.11 Å². The van der Waals surface area contributed by atoms with Crippen LogP contribution in [-0.4, -0.2) is 36.3 Å². The molecule has 0 aliphatic heterocycles. The van der Waals surface area contributed by atoms with E-state index in [1.807, 2.05) is 19.1 Å². The Morgan fingerprint density at radius 1 is 1.50 bits per heavy atom. The summed E-state index contributed by atoms with van der Waals surface area (Å²) in [6.45, 7) is 2.36. The summed E-state index contributed by atoms with van der Waals surface area (Å²) in [6.07, 6.45) is 2.30. The molecule has 2 heterocycles. The van der Waals surface area contributed by atoms with Gasteiger partial charge in [-0.3, -0.25) is 9.78 Å². The molecular weight excluding hydrogens is 234 g/mol. The summed E-state index contributed by atoms with van der Waals surface area (Å²) in [5, 5.41) is 20.1. The monoisotopic (exact) mass is 247 g/mol. The second-order valence-electron chi connectivity index (χ2n) is 3.86. The van der Waals surface area contributed by atoms with Crippen LogP contribution in [0.3, 0.4) is 0 Å². The van der Waals surface area contributed by atoms with E-state index in [2.05, 4.69) is 20.5 Å². The van der Waals surface area contributed by atoms with E-state index < -0.39 is 5.97 Å². The van der Waals surface area contributed by atoms with Crippen molar-refractivity contribution < 1.29 is 9.90 Å². The van der Waals surface area contributed by atoms with Crippen molar-refractivity contribution in [1.29, 1.82) is 0 Å². The number of aliphatic carboxylic acids is 1. The number of hydrogen-bond donors (Lipinski definition) is 1. The third-order valence-electron chi connectivity index (χ3n) is 2.54. The van der Waals surface area contributed by atoms with Crippen LogP contribution in [0.4, 0.5) is 0 Å². The minimum atomic E-state index is -0.817. The van der Waals surface area contributed by atoms with E-state index in [1.165, 1.54) is 0 Å². The van der Waals surface area contributed by atoms with Crippen LogP contribution in [0, 0.1) is 6.92 Å². The zero-order valence-corrected chi connectivity index (χ0v) is 9.94. The Kier molecular flexibility index (Phi) is 3.61. The molecule has 18 heavy (non-hydrogen) atoms. The lowest BCUT2D eigenvalue weighted by Crippen LogP contribution is -2.06. The third-order valence-corrected chi connectivity index (χ3v) is 2.54. The van der Waals surface area contributed by atoms with Gasteiger partial charge in [0.2, 0.25) is 0 Å². The molecule has 0 radical (unpaired) electrons. The van der Waals surface area contributed by atoms with E-state index in [9.17, 15) is 4.79 Å². The summed E-state index contributed by atoms with van der Waals surface area (Å²) in [6, 6.07) is 3.71. The molecule has 2 rings (SSSR count). The molecule has 0 aliphatic carbocycles. The Balaban J connectivity index is 2.18. The standard InChI is InChI=1S/C11H13N5O2/c1-8-9(4-2-6-12-8)11-13-14-15-16(11)7-3-5-10(17)18/h2,4,6H,3,5,7H2,1H3,(H,17,18). The number of nitrogens with zero attached hydrogens (tertiary/aromatic N) is 5.